The third-order valence-corrected chi connectivity index (χ3v) is 5.97. The van der Waals surface area contributed by atoms with Crippen LogP contribution in [-0.4, -0.2) is 52.6 Å². The van der Waals surface area contributed by atoms with Gasteiger partial charge in [-0.3, -0.25) is 10.1 Å². The van der Waals surface area contributed by atoms with Crippen molar-refractivity contribution < 1.29 is 48.2 Å². The van der Waals surface area contributed by atoms with Gasteiger partial charge in [0.25, 0.3) is 0 Å². The van der Waals surface area contributed by atoms with E-state index in [1.807, 2.05) is 87.5 Å². The smallest absolute Gasteiger partial charge is 0.241 e. The fourth-order valence-electron chi connectivity index (χ4n) is 3.80. The third-order valence-electron chi connectivity index (χ3n) is 5.97. The molecule has 4 aromatic heterocycles. The number of rotatable bonds is 7. The van der Waals surface area contributed by atoms with E-state index in [1.54, 1.807) is 53.7 Å². The summed E-state index contributed by atoms with van der Waals surface area (Å²) in [5.41, 5.74) is 2.38. The van der Waals surface area contributed by atoms with Crippen LogP contribution in [-0.2, 0) is 34.2 Å². The molecule has 0 saturated heterocycles. The topological polar surface area (TPSA) is 107 Å². The van der Waals surface area contributed by atoms with Crippen molar-refractivity contribution in [2.75, 3.05) is 28.4 Å². The number of nitrogens with zero attached hydrogens (tertiary/aromatic N) is 8. The molecule has 2 aromatic carbocycles. The first-order valence-corrected chi connectivity index (χ1v) is 13.3. The van der Waals surface area contributed by atoms with Crippen LogP contribution >= 0.6 is 0 Å². The molecule has 237 valence electrons. The van der Waals surface area contributed by atoms with Crippen LogP contribution in [0.1, 0.15) is 5.82 Å². The van der Waals surface area contributed by atoms with Crippen LogP contribution in [0, 0.1) is 31.7 Å². The Kier molecular flexibility index (Phi) is 12.8. The molecule has 4 heterocycles. The van der Waals surface area contributed by atoms with Crippen molar-refractivity contribution in [1.29, 1.82) is 0 Å². The van der Waals surface area contributed by atoms with Gasteiger partial charge in [0.1, 0.15) is 0 Å². The molecular formula is C32H33IrN8O4-3. The molecule has 12 nitrogen and oxygen atoms in total. The van der Waals surface area contributed by atoms with Crippen LogP contribution in [0.5, 0.6) is 23.0 Å². The summed E-state index contributed by atoms with van der Waals surface area (Å²) in [4.78, 5) is 8.19. The SMILES string of the molecule is COc1c[c-]c(-n2[c-][n+](C)cc2)c(OC)c1.COc1c[c-]c(-n2[c-][n+](C)cc2)c(OC)c1.Cc1n[n-]c(-c2ccccn2)n1.[Ir]. The molecular weight excluding hydrogens is 753 g/mol. The molecule has 0 aliphatic heterocycles. The van der Waals surface area contributed by atoms with E-state index in [1.165, 1.54) is 0 Å². The summed E-state index contributed by atoms with van der Waals surface area (Å²) >= 11 is 0. The van der Waals surface area contributed by atoms with Crippen LogP contribution in [0.25, 0.3) is 22.9 Å². The molecule has 0 fully saturated rings. The van der Waals surface area contributed by atoms with Gasteiger partial charge < -0.3 is 47.3 Å². The Morgan fingerprint density at radius 1 is 0.778 bits per heavy atom. The summed E-state index contributed by atoms with van der Waals surface area (Å²) in [7, 11) is 10.3. The van der Waals surface area contributed by atoms with E-state index in [0.29, 0.717) is 23.1 Å². The van der Waals surface area contributed by atoms with Crippen molar-refractivity contribution in [3.05, 3.63) is 104 Å². The molecule has 6 rings (SSSR count). The van der Waals surface area contributed by atoms with E-state index >= 15 is 0 Å². The van der Waals surface area contributed by atoms with Crippen molar-refractivity contribution >= 4 is 0 Å². The van der Waals surface area contributed by atoms with Crippen molar-refractivity contribution in [3.8, 4) is 45.9 Å². The molecule has 0 aliphatic carbocycles. The summed E-state index contributed by atoms with van der Waals surface area (Å²) in [6, 6.07) is 19.0. The van der Waals surface area contributed by atoms with Crippen molar-refractivity contribution in [2.45, 2.75) is 6.92 Å². The van der Waals surface area contributed by atoms with Gasteiger partial charge in [0, 0.05) is 79.9 Å². The number of benzene rings is 2. The summed E-state index contributed by atoms with van der Waals surface area (Å²) in [6.07, 6.45) is 15.5. The molecule has 0 aliphatic rings. The van der Waals surface area contributed by atoms with Gasteiger partial charge in [-0.2, -0.15) is 12.1 Å². The maximum absolute atomic E-state index is 5.29. The summed E-state index contributed by atoms with van der Waals surface area (Å²) in [5, 5.41) is 7.65. The molecule has 0 unspecified atom stereocenters. The number of pyridine rings is 1. The minimum Gasteiger partial charge on any atom is -0.560 e. The Hall–Kier alpha value is -5.00. The van der Waals surface area contributed by atoms with Gasteiger partial charge in [0.05, 0.1) is 48.2 Å². The van der Waals surface area contributed by atoms with Gasteiger partial charge in [-0.15, -0.1) is 12.1 Å². The molecule has 45 heavy (non-hydrogen) atoms. The van der Waals surface area contributed by atoms with E-state index in [-0.39, 0.29) is 20.1 Å². The van der Waals surface area contributed by atoms with Crippen molar-refractivity contribution in [2.24, 2.45) is 14.1 Å². The van der Waals surface area contributed by atoms with Gasteiger partial charge in [0.15, 0.2) is 0 Å². The van der Waals surface area contributed by atoms with Gasteiger partial charge in [-0.25, -0.2) is 0 Å². The normalized spacial score (nSPS) is 9.93. The number of aromatic nitrogens is 8. The van der Waals surface area contributed by atoms with Gasteiger partial charge in [-0.05, 0) is 36.3 Å². The molecule has 13 heteroatoms. The van der Waals surface area contributed by atoms with Crippen LogP contribution in [0.15, 0.2) is 73.4 Å². The van der Waals surface area contributed by atoms with Gasteiger partial charge in [0.2, 0.25) is 12.7 Å². The largest absolute Gasteiger partial charge is 0.560 e. The molecule has 0 N–H and O–H groups in total. The van der Waals surface area contributed by atoms with E-state index in [9.17, 15) is 0 Å². The van der Waals surface area contributed by atoms with Crippen molar-refractivity contribution in [3.63, 3.8) is 0 Å². The van der Waals surface area contributed by atoms with E-state index in [0.717, 1.165) is 28.6 Å². The zero-order valence-electron chi connectivity index (χ0n) is 26.0. The maximum atomic E-state index is 5.29. The number of imidazole rings is 2. The predicted octanol–water partition coefficient (Wildman–Crippen LogP) is 2.64. The molecule has 0 amide bonds. The van der Waals surface area contributed by atoms with Gasteiger partial charge in [-0.1, -0.05) is 18.2 Å². The predicted molar refractivity (Wildman–Crippen MR) is 159 cm³/mol. The number of methoxy groups -OCH3 is 4. The minimum absolute atomic E-state index is 0. The standard InChI is InChI=1S/2C12H13N2O2.C8H7N4.Ir/c2*1-13-6-7-14(9-13)11-5-4-10(15-2)8-12(11)16-3;1-6-10-8(12-11-6)7-4-2-3-5-9-7;/h2*4,6-8H,1-3H3;2-5H,1H3;/q3*-1;. The Bertz CT molecular complexity index is 1680. The van der Waals surface area contributed by atoms with Gasteiger partial charge >= 0.3 is 0 Å². The quantitative estimate of drug-likeness (QED) is 0.180. The fourth-order valence-corrected chi connectivity index (χ4v) is 3.80. The number of aryl methyl sites for hydroxylation is 3. The Labute approximate surface area is 276 Å². The molecule has 6 aromatic rings. The number of hydrogen-bond donors (Lipinski definition) is 0. The first-order valence-electron chi connectivity index (χ1n) is 13.3. The Balaban J connectivity index is 0.000000184. The fraction of sp³-hybridized carbons (Fsp3) is 0.219. The van der Waals surface area contributed by atoms with E-state index in [2.05, 4.69) is 45.0 Å². The first kappa shape index (κ1) is 34.5. The van der Waals surface area contributed by atoms with Crippen LogP contribution in [0.3, 0.4) is 0 Å². The Morgan fingerprint density at radius 2 is 1.31 bits per heavy atom. The summed E-state index contributed by atoms with van der Waals surface area (Å²) < 4.78 is 28.1. The molecule has 1 radical (unpaired) electrons. The zero-order valence-corrected chi connectivity index (χ0v) is 28.4. The molecule has 0 bridgehead atoms. The van der Waals surface area contributed by atoms with Crippen LogP contribution in [0.4, 0.5) is 0 Å². The second-order valence-electron chi connectivity index (χ2n) is 9.07. The third kappa shape index (κ3) is 9.24. The molecule has 0 atom stereocenters. The van der Waals surface area contributed by atoms with Crippen molar-refractivity contribution in [1.82, 2.24) is 29.3 Å². The number of ether oxygens (including phenoxy) is 4. The van der Waals surface area contributed by atoms with E-state index in [4.69, 9.17) is 18.9 Å². The maximum Gasteiger partial charge on any atom is 0.241 e. The number of hydrogen-bond acceptors (Lipinski definition) is 7. The zero-order chi connectivity index (χ0) is 31.5. The first-order chi connectivity index (χ1) is 21.3. The van der Waals surface area contributed by atoms with E-state index < -0.39 is 0 Å². The second kappa shape index (κ2) is 16.7. The average molecular weight is 786 g/mol. The second-order valence-corrected chi connectivity index (χ2v) is 9.07. The van der Waals surface area contributed by atoms with Crippen LogP contribution < -0.4 is 33.2 Å². The monoisotopic (exact) mass is 786 g/mol. The summed E-state index contributed by atoms with van der Waals surface area (Å²) in [5.74, 6) is 4.11. The van der Waals surface area contributed by atoms with Crippen LogP contribution in [0.2, 0.25) is 0 Å². The summed E-state index contributed by atoms with van der Waals surface area (Å²) in [6.45, 7) is 1.80. The minimum atomic E-state index is 0. The molecule has 0 saturated carbocycles. The average Bonchev–Trinajstić information content (AvgIpc) is 3.82. The molecule has 0 spiro atoms. The Morgan fingerprint density at radius 3 is 1.67 bits per heavy atom.